The van der Waals surface area contributed by atoms with Crippen LogP contribution in [-0.2, 0) is 16.7 Å². The largest absolute Gasteiger partial charge is 0.357 e. The Morgan fingerprint density at radius 2 is 2.00 bits per heavy atom. The second kappa shape index (κ2) is 6.34. The summed E-state index contributed by atoms with van der Waals surface area (Å²) in [6, 6.07) is 8.46. The lowest BCUT2D eigenvalue weighted by atomic mass is 10.0. The van der Waals surface area contributed by atoms with E-state index in [4.69, 9.17) is 9.66 Å². The van der Waals surface area contributed by atoms with Crippen molar-refractivity contribution in [3.8, 4) is 22.5 Å². The summed E-state index contributed by atoms with van der Waals surface area (Å²) in [7, 11) is -4.20. The zero-order valence-electron chi connectivity index (χ0n) is 13.0. The van der Waals surface area contributed by atoms with E-state index in [0.717, 1.165) is 12.1 Å². The first-order valence-corrected chi connectivity index (χ1v) is 8.67. The zero-order valence-corrected chi connectivity index (χ0v) is 13.8. The molecule has 0 aliphatic rings. The molecule has 0 aliphatic carbocycles. The number of halogens is 2. The molecule has 0 unspecified atom stereocenters. The van der Waals surface area contributed by atoms with Gasteiger partial charge in [0.05, 0.1) is 11.3 Å². The fraction of sp³-hybridized carbons (Fsp3) is 0.125. The number of benzene rings is 1. The number of alkyl halides is 1. The van der Waals surface area contributed by atoms with Crippen molar-refractivity contribution < 1.29 is 21.7 Å². The number of nitrogens with two attached hydrogens (primary N) is 1. The maximum Gasteiger partial charge on any atom is 0.240 e. The molecule has 3 aromatic rings. The molecule has 3 rings (SSSR count). The Hall–Kier alpha value is -2.65. The molecule has 9 heteroatoms. The highest BCUT2D eigenvalue weighted by Gasteiger charge is 2.22. The van der Waals surface area contributed by atoms with E-state index in [9.17, 15) is 17.2 Å². The normalized spacial score (nSPS) is 11.7. The number of aryl methyl sites for hydroxylation is 1. The van der Waals surface area contributed by atoms with Crippen LogP contribution in [-0.4, -0.2) is 18.6 Å². The summed E-state index contributed by atoms with van der Waals surface area (Å²) < 4.78 is 55.1. The van der Waals surface area contributed by atoms with Gasteiger partial charge in [-0.3, -0.25) is 4.98 Å². The molecule has 0 fully saturated rings. The molecule has 6 nitrogen and oxygen atoms in total. The number of pyridine rings is 1. The van der Waals surface area contributed by atoms with Gasteiger partial charge in [-0.05, 0) is 36.8 Å². The smallest absolute Gasteiger partial charge is 0.240 e. The van der Waals surface area contributed by atoms with Gasteiger partial charge in [-0.2, -0.15) is 0 Å². The molecule has 0 saturated heterocycles. The Labute approximate surface area is 142 Å². The molecule has 2 N–H and O–H groups in total. The third-order valence-electron chi connectivity index (χ3n) is 3.54. The standard InChI is InChI=1S/C16H13F2N3O3S/c1-9-3-2-4-12(20-9)16-15(13(8-17)24-21-16)10-5-6-14(11(18)7-10)25(19,22)23/h2-7H,8H2,1H3,(H2,19,22,23). The quantitative estimate of drug-likeness (QED) is 0.766. The molecule has 25 heavy (non-hydrogen) atoms. The first-order valence-electron chi connectivity index (χ1n) is 7.12. The number of sulfonamides is 1. The third-order valence-corrected chi connectivity index (χ3v) is 4.49. The molecule has 0 atom stereocenters. The van der Waals surface area contributed by atoms with Crippen LogP contribution in [0.4, 0.5) is 8.78 Å². The van der Waals surface area contributed by atoms with Crippen LogP contribution in [0.15, 0.2) is 45.8 Å². The van der Waals surface area contributed by atoms with E-state index in [1.807, 2.05) is 0 Å². The lowest BCUT2D eigenvalue weighted by molar-refractivity contribution is 0.332. The molecule has 0 saturated carbocycles. The monoisotopic (exact) mass is 365 g/mol. The Morgan fingerprint density at radius 1 is 1.24 bits per heavy atom. The molecule has 2 aromatic heterocycles. The van der Waals surface area contributed by atoms with E-state index in [1.54, 1.807) is 25.1 Å². The number of aromatic nitrogens is 2. The summed E-state index contributed by atoms with van der Waals surface area (Å²) in [5.74, 6) is -1.16. The minimum Gasteiger partial charge on any atom is -0.357 e. The Kier molecular flexibility index (Phi) is 4.36. The van der Waals surface area contributed by atoms with Gasteiger partial charge < -0.3 is 4.52 Å². The number of hydrogen-bond donors (Lipinski definition) is 1. The van der Waals surface area contributed by atoms with Crippen LogP contribution in [0.1, 0.15) is 11.5 Å². The van der Waals surface area contributed by atoms with Gasteiger partial charge in [-0.15, -0.1) is 0 Å². The molecule has 0 aliphatic heterocycles. The van der Waals surface area contributed by atoms with E-state index in [1.165, 1.54) is 6.07 Å². The van der Waals surface area contributed by atoms with E-state index in [0.29, 0.717) is 11.4 Å². The third kappa shape index (κ3) is 3.28. The van der Waals surface area contributed by atoms with Crippen LogP contribution in [0.5, 0.6) is 0 Å². The predicted molar refractivity (Wildman–Crippen MR) is 86.1 cm³/mol. The van der Waals surface area contributed by atoms with Gasteiger partial charge in [0.25, 0.3) is 0 Å². The second-order valence-corrected chi connectivity index (χ2v) is 6.85. The van der Waals surface area contributed by atoms with Crippen molar-refractivity contribution in [2.75, 3.05) is 0 Å². The van der Waals surface area contributed by atoms with E-state index in [2.05, 4.69) is 10.1 Å². The van der Waals surface area contributed by atoms with Crippen molar-refractivity contribution >= 4 is 10.0 Å². The molecular weight excluding hydrogens is 352 g/mol. The van der Waals surface area contributed by atoms with Crippen LogP contribution in [0.3, 0.4) is 0 Å². The Morgan fingerprint density at radius 3 is 2.60 bits per heavy atom. The van der Waals surface area contributed by atoms with Gasteiger partial charge in [0, 0.05) is 5.69 Å². The van der Waals surface area contributed by atoms with E-state index in [-0.39, 0.29) is 22.6 Å². The minimum atomic E-state index is -4.20. The van der Waals surface area contributed by atoms with Crippen molar-refractivity contribution in [1.29, 1.82) is 0 Å². The zero-order chi connectivity index (χ0) is 18.2. The molecular formula is C16H13F2N3O3S. The second-order valence-electron chi connectivity index (χ2n) is 5.32. The SMILES string of the molecule is Cc1cccc(-c2noc(CF)c2-c2ccc(S(N)(=O)=O)c(F)c2)n1. The van der Waals surface area contributed by atoms with Gasteiger partial charge in [0.15, 0.2) is 12.4 Å². The lowest BCUT2D eigenvalue weighted by Crippen LogP contribution is -2.14. The number of primary sulfonamides is 1. The molecule has 0 radical (unpaired) electrons. The van der Waals surface area contributed by atoms with Crippen LogP contribution in [0.25, 0.3) is 22.5 Å². The summed E-state index contributed by atoms with van der Waals surface area (Å²) in [6.07, 6.45) is 0. The first-order chi connectivity index (χ1) is 11.8. The van der Waals surface area contributed by atoms with Crippen molar-refractivity contribution in [1.82, 2.24) is 10.1 Å². The lowest BCUT2D eigenvalue weighted by Gasteiger charge is -2.06. The molecule has 0 amide bonds. The average molecular weight is 365 g/mol. The fourth-order valence-corrected chi connectivity index (χ4v) is 3.04. The van der Waals surface area contributed by atoms with E-state index < -0.39 is 27.4 Å². The summed E-state index contributed by atoms with van der Waals surface area (Å²) in [6.45, 7) is 0.812. The van der Waals surface area contributed by atoms with Gasteiger partial charge in [0.2, 0.25) is 10.0 Å². The summed E-state index contributed by atoms with van der Waals surface area (Å²) in [4.78, 5) is 3.65. The number of nitrogens with zero attached hydrogens (tertiary/aromatic N) is 2. The highest BCUT2D eigenvalue weighted by atomic mass is 32.2. The van der Waals surface area contributed by atoms with Crippen LogP contribution < -0.4 is 5.14 Å². The van der Waals surface area contributed by atoms with Gasteiger partial charge in [-0.1, -0.05) is 17.3 Å². The molecule has 0 bridgehead atoms. The molecule has 130 valence electrons. The van der Waals surface area contributed by atoms with Gasteiger partial charge >= 0.3 is 0 Å². The number of hydrogen-bond acceptors (Lipinski definition) is 5. The van der Waals surface area contributed by atoms with Crippen LogP contribution in [0, 0.1) is 12.7 Å². The topological polar surface area (TPSA) is 99.1 Å². The van der Waals surface area contributed by atoms with Crippen LogP contribution in [0.2, 0.25) is 0 Å². The maximum atomic E-state index is 14.2. The Bertz CT molecular complexity index is 1050. The summed E-state index contributed by atoms with van der Waals surface area (Å²) in [5.41, 5.74) is 1.79. The molecule has 2 heterocycles. The minimum absolute atomic E-state index is 0.110. The Balaban J connectivity index is 2.21. The molecule has 1 aromatic carbocycles. The number of rotatable bonds is 4. The highest BCUT2D eigenvalue weighted by molar-refractivity contribution is 7.89. The van der Waals surface area contributed by atoms with E-state index >= 15 is 0 Å². The highest BCUT2D eigenvalue weighted by Crippen LogP contribution is 2.35. The average Bonchev–Trinajstić information content (AvgIpc) is 2.97. The van der Waals surface area contributed by atoms with Crippen molar-refractivity contribution in [3.05, 3.63) is 53.7 Å². The van der Waals surface area contributed by atoms with Gasteiger partial charge in [0.1, 0.15) is 16.4 Å². The maximum absolute atomic E-state index is 14.2. The van der Waals surface area contributed by atoms with Crippen molar-refractivity contribution in [2.45, 2.75) is 18.5 Å². The van der Waals surface area contributed by atoms with Gasteiger partial charge in [-0.25, -0.2) is 22.3 Å². The fourth-order valence-electron chi connectivity index (χ4n) is 2.45. The first kappa shape index (κ1) is 17.2. The van der Waals surface area contributed by atoms with Crippen molar-refractivity contribution in [2.24, 2.45) is 5.14 Å². The van der Waals surface area contributed by atoms with Crippen LogP contribution >= 0.6 is 0 Å². The predicted octanol–water partition coefficient (Wildman–Crippen LogP) is 2.97. The summed E-state index contributed by atoms with van der Waals surface area (Å²) >= 11 is 0. The molecule has 0 spiro atoms. The van der Waals surface area contributed by atoms with Crippen molar-refractivity contribution in [3.63, 3.8) is 0 Å². The summed E-state index contributed by atoms with van der Waals surface area (Å²) in [5, 5.41) is 8.78.